The molecule has 31 heavy (non-hydrogen) atoms. The Kier molecular flexibility index (Phi) is 12.8. The van der Waals surface area contributed by atoms with Crippen LogP contribution in [0.4, 0.5) is 5.69 Å². The number of rotatable bonds is 10. The Morgan fingerprint density at radius 1 is 1.32 bits per heavy atom. The number of anilines is 1. The van der Waals surface area contributed by atoms with Gasteiger partial charge in [-0.05, 0) is 26.0 Å². The van der Waals surface area contributed by atoms with E-state index < -0.39 is 5.60 Å². The lowest BCUT2D eigenvalue weighted by Gasteiger charge is -2.33. The fourth-order valence-electron chi connectivity index (χ4n) is 3.09. The first-order valence-electron chi connectivity index (χ1n) is 10.4. The Labute approximate surface area is 202 Å². The van der Waals surface area contributed by atoms with Gasteiger partial charge < -0.3 is 30.5 Å². The SMILES string of the molecule is CCNC(=NCC(C)(O)CN1CCOCC1)NCCOc1cccc(NC(C)=O)c1.I. The molecule has 1 aliphatic heterocycles. The molecule has 1 aromatic rings. The molecule has 1 atom stereocenters. The van der Waals surface area contributed by atoms with E-state index in [0.717, 1.165) is 19.6 Å². The molecule has 4 N–H and O–H groups in total. The molecule has 1 fully saturated rings. The molecule has 1 saturated heterocycles. The normalized spacial score (nSPS) is 16.6. The fourth-order valence-corrected chi connectivity index (χ4v) is 3.09. The van der Waals surface area contributed by atoms with Crippen LogP contribution in [0.15, 0.2) is 29.3 Å². The Morgan fingerprint density at radius 3 is 2.74 bits per heavy atom. The second-order valence-electron chi connectivity index (χ2n) is 7.56. The predicted molar refractivity (Wildman–Crippen MR) is 134 cm³/mol. The van der Waals surface area contributed by atoms with Crippen LogP contribution in [0.3, 0.4) is 0 Å². The molecule has 1 amide bonds. The topological polar surface area (TPSA) is 107 Å². The van der Waals surface area contributed by atoms with Crippen molar-refractivity contribution in [2.24, 2.45) is 4.99 Å². The maximum absolute atomic E-state index is 11.2. The molecule has 10 heteroatoms. The highest BCUT2D eigenvalue weighted by molar-refractivity contribution is 14.0. The first-order chi connectivity index (χ1) is 14.4. The molecule has 0 saturated carbocycles. The van der Waals surface area contributed by atoms with Gasteiger partial charge in [-0.2, -0.15) is 0 Å². The van der Waals surface area contributed by atoms with Crippen LogP contribution in [-0.4, -0.2) is 86.6 Å². The first kappa shape index (κ1) is 27.4. The quantitative estimate of drug-likeness (QED) is 0.151. The molecular weight excluding hydrogens is 513 g/mol. The van der Waals surface area contributed by atoms with Gasteiger partial charge in [0.25, 0.3) is 0 Å². The van der Waals surface area contributed by atoms with Crippen molar-refractivity contribution in [1.82, 2.24) is 15.5 Å². The summed E-state index contributed by atoms with van der Waals surface area (Å²) in [7, 11) is 0. The van der Waals surface area contributed by atoms with Crippen LogP contribution in [0.5, 0.6) is 5.75 Å². The van der Waals surface area contributed by atoms with E-state index in [2.05, 4.69) is 25.8 Å². The number of nitrogens with one attached hydrogen (secondary N) is 3. The van der Waals surface area contributed by atoms with E-state index in [0.29, 0.717) is 56.9 Å². The number of amides is 1. The van der Waals surface area contributed by atoms with Gasteiger partial charge in [0.15, 0.2) is 5.96 Å². The van der Waals surface area contributed by atoms with Gasteiger partial charge in [-0.1, -0.05) is 6.07 Å². The lowest BCUT2D eigenvalue weighted by Crippen LogP contribution is -2.48. The van der Waals surface area contributed by atoms with Crippen molar-refractivity contribution in [3.63, 3.8) is 0 Å². The zero-order valence-corrected chi connectivity index (χ0v) is 21.0. The van der Waals surface area contributed by atoms with Crippen LogP contribution in [0.2, 0.25) is 0 Å². The van der Waals surface area contributed by atoms with Gasteiger partial charge in [0, 0.05) is 44.9 Å². The minimum Gasteiger partial charge on any atom is -0.492 e. The number of β-amino-alcohol motifs (C(OH)–C–C–N with tert-alkyl or cyclic N) is 1. The van der Waals surface area contributed by atoms with Crippen LogP contribution in [0.25, 0.3) is 0 Å². The van der Waals surface area contributed by atoms with Gasteiger partial charge in [0.1, 0.15) is 12.4 Å². The summed E-state index contributed by atoms with van der Waals surface area (Å²) < 4.78 is 11.1. The van der Waals surface area contributed by atoms with Gasteiger partial charge in [-0.15, -0.1) is 24.0 Å². The van der Waals surface area contributed by atoms with E-state index in [9.17, 15) is 9.90 Å². The number of carbonyl (C=O) groups is 1. The molecule has 1 aliphatic rings. The van der Waals surface area contributed by atoms with Crippen molar-refractivity contribution < 1.29 is 19.4 Å². The standard InChI is InChI=1S/C21H35N5O4.HI/c1-4-22-20(24-15-21(3,28)16-26-9-12-29-13-10-26)23-8-11-30-19-7-5-6-18(14-19)25-17(2)27;/h5-7,14,28H,4,8-13,15-16H2,1-3H3,(H,25,27)(H2,22,23,24);1H. The third kappa shape index (κ3) is 11.5. The third-order valence-corrected chi connectivity index (χ3v) is 4.41. The van der Waals surface area contributed by atoms with E-state index in [1.165, 1.54) is 6.92 Å². The first-order valence-corrected chi connectivity index (χ1v) is 10.4. The molecule has 0 bridgehead atoms. The van der Waals surface area contributed by atoms with E-state index in [-0.39, 0.29) is 29.9 Å². The van der Waals surface area contributed by atoms with E-state index in [1.807, 2.05) is 25.1 Å². The number of carbonyl (C=O) groups excluding carboxylic acids is 1. The summed E-state index contributed by atoms with van der Waals surface area (Å²) in [6.07, 6.45) is 0. The highest BCUT2D eigenvalue weighted by atomic mass is 127. The number of aliphatic imine (C=N–C) groups is 1. The highest BCUT2D eigenvalue weighted by Gasteiger charge is 2.25. The van der Waals surface area contributed by atoms with Crippen LogP contribution in [-0.2, 0) is 9.53 Å². The number of halogens is 1. The summed E-state index contributed by atoms with van der Waals surface area (Å²) in [4.78, 5) is 17.9. The number of benzene rings is 1. The maximum atomic E-state index is 11.2. The average molecular weight is 549 g/mol. The number of morpholine rings is 1. The number of ether oxygens (including phenoxy) is 2. The van der Waals surface area contributed by atoms with Crippen LogP contribution >= 0.6 is 24.0 Å². The second-order valence-corrected chi connectivity index (χ2v) is 7.56. The number of nitrogens with zero attached hydrogens (tertiary/aromatic N) is 2. The second kappa shape index (κ2) is 14.4. The molecule has 9 nitrogen and oxygen atoms in total. The van der Waals surface area contributed by atoms with Gasteiger partial charge in [0.2, 0.25) is 5.91 Å². The van der Waals surface area contributed by atoms with E-state index >= 15 is 0 Å². The Bertz CT molecular complexity index is 696. The monoisotopic (exact) mass is 549 g/mol. The summed E-state index contributed by atoms with van der Waals surface area (Å²) in [6, 6.07) is 7.26. The molecule has 0 aliphatic carbocycles. The minimum atomic E-state index is -0.916. The van der Waals surface area contributed by atoms with Gasteiger partial charge in [0.05, 0.1) is 31.9 Å². The van der Waals surface area contributed by atoms with Gasteiger partial charge in [-0.3, -0.25) is 14.7 Å². The summed E-state index contributed by atoms with van der Waals surface area (Å²) >= 11 is 0. The van der Waals surface area contributed by atoms with Gasteiger partial charge >= 0.3 is 0 Å². The number of hydrogen-bond acceptors (Lipinski definition) is 6. The summed E-state index contributed by atoms with van der Waals surface area (Å²) in [5, 5.41) is 19.8. The predicted octanol–water partition coefficient (Wildman–Crippen LogP) is 1.28. The zero-order valence-electron chi connectivity index (χ0n) is 18.6. The van der Waals surface area contributed by atoms with Crippen LogP contribution < -0.4 is 20.7 Å². The summed E-state index contributed by atoms with van der Waals surface area (Å²) in [5.41, 5.74) is -0.217. The third-order valence-electron chi connectivity index (χ3n) is 4.41. The van der Waals surface area contributed by atoms with Gasteiger partial charge in [-0.25, -0.2) is 0 Å². The zero-order chi connectivity index (χ0) is 21.8. The lowest BCUT2D eigenvalue weighted by molar-refractivity contribution is -0.114. The molecule has 0 spiro atoms. The van der Waals surface area contributed by atoms with Crippen LogP contribution in [0, 0.1) is 0 Å². The molecule has 0 aromatic heterocycles. The summed E-state index contributed by atoms with van der Waals surface area (Å²) in [6.45, 7) is 10.9. The van der Waals surface area contributed by atoms with E-state index in [4.69, 9.17) is 9.47 Å². The number of guanidine groups is 1. The lowest BCUT2D eigenvalue weighted by atomic mass is 10.1. The smallest absolute Gasteiger partial charge is 0.221 e. The highest BCUT2D eigenvalue weighted by Crippen LogP contribution is 2.17. The van der Waals surface area contributed by atoms with E-state index in [1.54, 1.807) is 13.0 Å². The molecular formula is C21H36IN5O4. The van der Waals surface area contributed by atoms with Crippen molar-refractivity contribution in [3.05, 3.63) is 24.3 Å². The van der Waals surface area contributed by atoms with Crippen molar-refractivity contribution in [2.45, 2.75) is 26.4 Å². The summed E-state index contributed by atoms with van der Waals surface area (Å²) in [5.74, 6) is 1.19. The van der Waals surface area contributed by atoms with Crippen LogP contribution in [0.1, 0.15) is 20.8 Å². The molecule has 1 aromatic carbocycles. The maximum Gasteiger partial charge on any atom is 0.221 e. The Hall–Kier alpha value is -1.63. The average Bonchev–Trinajstić information content (AvgIpc) is 2.69. The van der Waals surface area contributed by atoms with Crippen molar-refractivity contribution in [1.29, 1.82) is 0 Å². The molecule has 1 heterocycles. The molecule has 1 unspecified atom stereocenters. The number of hydrogen-bond donors (Lipinski definition) is 4. The largest absolute Gasteiger partial charge is 0.492 e. The van der Waals surface area contributed by atoms with Crippen molar-refractivity contribution in [3.8, 4) is 5.75 Å². The van der Waals surface area contributed by atoms with Crippen molar-refractivity contribution in [2.75, 3.05) is 64.4 Å². The molecule has 2 rings (SSSR count). The molecule has 176 valence electrons. The fraction of sp³-hybridized carbons (Fsp3) is 0.619. The minimum absolute atomic E-state index is 0. The van der Waals surface area contributed by atoms with Crippen molar-refractivity contribution >= 4 is 41.5 Å². The number of aliphatic hydroxyl groups is 1. The Morgan fingerprint density at radius 2 is 2.06 bits per heavy atom. The Balaban J connectivity index is 0.00000480. The molecule has 0 radical (unpaired) electrons.